The Labute approximate surface area is 82.8 Å². The molecule has 0 atom stereocenters. The van der Waals surface area contributed by atoms with Crippen LogP contribution in [0.5, 0.6) is 0 Å². The summed E-state index contributed by atoms with van der Waals surface area (Å²) in [6.07, 6.45) is 1.77. The topological polar surface area (TPSA) is 40.5 Å². The lowest BCUT2D eigenvalue weighted by atomic mass is 9.87. The number of aryl methyl sites for hydroxylation is 1. The lowest BCUT2D eigenvalue weighted by Gasteiger charge is -2.23. The molecule has 13 heavy (non-hydrogen) atoms. The van der Waals surface area contributed by atoms with Crippen LogP contribution in [0, 0.1) is 5.41 Å². The van der Waals surface area contributed by atoms with E-state index < -0.39 is 0 Å². The van der Waals surface area contributed by atoms with E-state index in [9.17, 15) is 0 Å². The summed E-state index contributed by atoms with van der Waals surface area (Å²) < 4.78 is 0. The molecule has 0 aliphatic heterocycles. The number of rotatable bonds is 5. The highest BCUT2D eigenvalue weighted by molar-refractivity contribution is 7.09. The zero-order valence-electron chi connectivity index (χ0n) is 7.86. The lowest BCUT2D eigenvalue weighted by molar-refractivity contribution is 0.0633. The molecule has 74 valence electrons. The second-order valence-corrected chi connectivity index (χ2v) is 4.74. The third-order valence-electron chi connectivity index (χ3n) is 2.32. The Kier molecular flexibility index (Phi) is 3.90. The quantitative estimate of drug-likeness (QED) is 0.759. The molecule has 3 heteroatoms. The van der Waals surface area contributed by atoms with Gasteiger partial charge in [-0.15, -0.1) is 11.3 Å². The SMILES string of the molecule is CC(CO)(CO)CCc1cccs1. The van der Waals surface area contributed by atoms with Crippen molar-refractivity contribution >= 4 is 11.3 Å². The van der Waals surface area contributed by atoms with E-state index >= 15 is 0 Å². The molecule has 0 radical (unpaired) electrons. The first kappa shape index (κ1) is 10.7. The average molecular weight is 200 g/mol. The van der Waals surface area contributed by atoms with Crippen LogP contribution in [0.25, 0.3) is 0 Å². The molecular weight excluding hydrogens is 184 g/mol. The molecule has 0 amide bonds. The Bertz CT molecular complexity index is 227. The molecule has 0 unspecified atom stereocenters. The molecule has 1 heterocycles. The van der Waals surface area contributed by atoms with Crippen molar-refractivity contribution in [3.8, 4) is 0 Å². The minimum absolute atomic E-state index is 0.0505. The monoisotopic (exact) mass is 200 g/mol. The molecule has 1 rings (SSSR count). The Morgan fingerprint density at radius 2 is 2.08 bits per heavy atom. The van der Waals surface area contributed by atoms with Gasteiger partial charge in [-0.1, -0.05) is 13.0 Å². The molecule has 0 bridgehead atoms. The van der Waals surface area contributed by atoms with Crippen LogP contribution in [-0.2, 0) is 6.42 Å². The van der Waals surface area contributed by atoms with Crippen molar-refractivity contribution < 1.29 is 10.2 Å². The minimum Gasteiger partial charge on any atom is -0.396 e. The molecular formula is C10H16O2S. The van der Waals surface area contributed by atoms with Crippen molar-refractivity contribution in [1.82, 2.24) is 0 Å². The Hall–Kier alpha value is -0.380. The van der Waals surface area contributed by atoms with Gasteiger partial charge in [0.15, 0.2) is 0 Å². The Balaban J connectivity index is 2.41. The summed E-state index contributed by atoms with van der Waals surface area (Å²) in [7, 11) is 0. The molecule has 0 saturated heterocycles. The van der Waals surface area contributed by atoms with Crippen molar-refractivity contribution in [3.05, 3.63) is 22.4 Å². The largest absolute Gasteiger partial charge is 0.396 e. The van der Waals surface area contributed by atoms with Gasteiger partial charge in [0, 0.05) is 10.3 Å². The third-order valence-corrected chi connectivity index (χ3v) is 3.25. The van der Waals surface area contributed by atoms with Crippen LogP contribution in [0.2, 0.25) is 0 Å². The second-order valence-electron chi connectivity index (χ2n) is 3.71. The zero-order valence-corrected chi connectivity index (χ0v) is 8.68. The van der Waals surface area contributed by atoms with E-state index in [1.807, 2.05) is 18.4 Å². The lowest BCUT2D eigenvalue weighted by Crippen LogP contribution is -2.26. The maximum Gasteiger partial charge on any atom is 0.0506 e. The van der Waals surface area contributed by atoms with E-state index in [1.54, 1.807) is 11.3 Å². The van der Waals surface area contributed by atoms with Crippen LogP contribution in [0.4, 0.5) is 0 Å². The van der Waals surface area contributed by atoms with Crippen molar-refractivity contribution in [2.45, 2.75) is 19.8 Å². The van der Waals surface area contributed by atoms with Crippen molar-refractivity contribution in [1.29, 1.82) is 0 Å². The predicted molar refractivity (Wildman–Crippen MR) is 54.9 cm³/mol. The fourth-order valence-corrected chi connectivity index (χ4v) is 1.80. The summed E-state index contributed by atoms with van der Waals surface area (Å²) in [4.78, 5) is 1.31. The second kappa shape index (κ2) is 4.74. The molecule has 1 aromatic heterocycles. The fourth-order valence-electron chi connectivity index (χ4n) is 1.09. The highest BCUT2D eigenvalue weighted by Gasteiger charge is 2.21. The van der Waals surface area contributed by atoms with Crippen molar-refractivity contribution in [2.24, 2.45) is 5.41 Å². The van der Waals surface area contributed by atoms with E-state index in [-0.39, 0.29) is 18.6 Å². The smallest absolute Gasteiger partial charge is 0.0506 e. The maximum absolute atomic E-state index is 9.06. The average Bonchev–Trinajstić information content (AvgIpc) is 2.67. The van der Waals surface area contributed by atoms with Gasteiger partial charge in [-0.3, -0.25) is 0 Å². The van der Waals surface area contributed by atoms with Gasteiger partial charge in [-0.05, 0) is 24.3 Å². The molecule has 1 aromatic rings. The summed E-state index contributed by atoms with van der Waals surface area (Å²) in [5.74, 6) is 0. The Morgan fingerprint density at radius 3 is 2.54 bits per heavy atom. The number of thiophene rings is 1. The summed E-state index contributed by atoms with van der Waals surface area (Å²) in [6, 6.07) is 4.11. The van der Waals surface area contributed by atoms with Gasteiger partial charge in [-0.25, -0.2) is 0 Å². The maximum atomic E-state index is 9.06. The highest BCUT2D eigenvalue weighted by Crippen LogP contribution is 2.23. The number of aliphatic hydroxyl groups is 2. The molecule has 0 saturated carbocycles. The molecule has 2 N–H and O–H groups in total. The standard InChI is InChI=1S/C10H16O2S/c1-10(7-11,8-12)5-4-9-3-2-6-13-9/h2-3,6,11-12H,4-5,7-8H2,1H3. The van der Waals surface area contributed by atoms with Crippen molar-refractivity contribution in [3.63, 3.8) is 0 Å². The normalized spacial score (nSPS) is 11.9. The molecule has 0 aromatic carbocycles. The Morgan fingerprint density at radius 1 is 1.38 bits per heavy atom. The van der Waals surface area contributed by atoms with Crippen LogP contribution in [0.15, 0.2) is 17.5 Å². The predicted octanol–water partition coefficient (Wildman–Crippen LogP) is 1.67. The van der Waals surface area contributed by atoms with Crippen LogP contribution in [0.3, 0.4) is 0 Å². The van der Waals surface area contributed by atoms with Gasteiger partial charge < -0.3 is 10.2 Å². The van der Waals surface area contributed by atoms with Gasteiger partial charge in [0.05, 0.1) is 13.2 Å². The summed E-state index contributed by atoms with van der Waals surface area (Å²) in [6.45, 7) is 2.00. The van der Waals surface area contributed by atoms with Crippen LogP contribution in [0.1, 0.15) is 18.2 Å². The van der Waals surface area contributed by atoms with Gasteiger partial charge in [-0.2, -0.15) is 0 Å². The molecule has 0 fully saturated rings. The molecule has 0 aliphatic rings. The first-order chi connectivity index (χ1) is 6.20. The summed E-state index contributed by atoms with van der Waals surface area (Å²) in [5.41, 5.74) is -0.329. The summed E-state index contributed by atoms with van der Waals surface area (Å²) >= 11 is 1.72. The van der Waals surface area contributed by atoms with E-state index in [0.717, 1.165) is 12.8 Å². The van der Waals surface area contributed by atoms with Gasteiger partial charge in [0.25, 0.3) is 0 Å². The van der Waals surface area contributed by atoms with Gasteiger partial charge >= 0.3 is 0 Å². The van der Waals surface area contributed by atoms with E-state index in [0.29, 0.717) is 0 Å². The van der Waals surface area contributed by atoms with Crippen LogP contribution in [-0.4, -0.2) is 23.4 Å². The van der Waals surface area contributed by atoms with Crippen LogP contribution >= 0.6 is 11.3 Å². The van der Waals surface area contributed by atoms with E-state index in [2.05, 4.69) is 6.07 Å². The zero-order chi connectivity index (χ0) is 9.73. The molecule has 2 nitrogen and oxygen atoms in total. The number of hydrogen-bond donors (Lipinski definition) is 2. The first-order valence-electron chi connectivity index (χ1n) is 4.44. The molecule has 0 aliphatic carbocycles. The van der Waals surface area contributed by atoms with Gasteiger partial charge in [0.2, 0.25) is 0 Å². The third kappa shape index (κ3) is 3.10. The van der Waals surface area contributed by atoms with E-state index in [4.69, 9.17) is 10.2 Å². The minimum atomic E-state index is -0.329. The number of hydrogen-bond acceptors (Lipinski definition) is 3. The van der Waals surface area contributed by atoms with Gasteiger partial charge in [0.1, 0.15) is 0 Å². The van der Waals surface area contributed by atoms with Crippen molar-refractivity contribution in [2.75, 3.05) is 13.2 Å². The fraction of sp³-hybridized carbons (Fsp3) is 0.600. The first-order valence-corrected chi connectivity index (χ1v) is 5.32. The van der Waals surface area contributed by atoms with E-state index in [1.165, 1.54) is 4.88 Å². The van der Waals surface area contributed by atoms with Crippen LogP contribution < -0.4 is 0 Å². The number of aliphatic hydroxyl groups excluding tert-OH is 2. The highest BCUT2D eigenvalue weighted by atomic mass is 32.1. The summed E-state index contributed by atoms with van der Waals surface area (Å²) in [5, 5.41) is 20.2. The molecule has 0 spiro atoms.